The number of aromatic nitrogens is 2. The van der Waals surface area contributed by atoms with E-state index < -0.39 is 0 Å². The molecule has 1 saturated heterocycles. The van der Waals surface area contributed by atoms with Crippen LogP contribution in [0.15, 0.2) is 53.5 Å². The van der Waals surface area contributed by atoms with Crippen LogP contribution in [0.1, 0.15) is 29.2 Å². The number of amides is 1. The Kier molecular flexibility index (Phi) is 6.72. The van der Waals surface area contributed by atoms with Crippen molar-refractivity contribution in [2.45, 2.75) is 26.4 Å². The minimum Gasteiger partial charge on any atom is -0.494 e. The van der Waals surface area contributed by atoms with Gasteiger partial charge in [0, 0.05) is 31.2 Å². The van der Waals surface area contributed by atoms with E-state index in [0.717, 1.165) is 40.8 Å². The summed E-state index contributed by atoms with van der Waals surface area (Å²) in [5, 5.41) is 1.38. The first-order valence-electron chi connectivity index (χ1n) is 11.0. The van der Waals surface area contributed by atoms with Gasteiger partial charge in [0.1, 0.15) is 10.3 Å². The lowest BCUT2D eigenvalue weighted by molar-refractivity contribution is 0.0739. The topological polar surface area (TPSA) is 67.7 Å². The third kappa shape index (κ3) is 3.97. The lowest BCUT2D eigenvalue weighted by Crippen LogP contribution is -2.38. The van der Waals surface area contributed by atoms with Crippen molar-refractivity contribution in [1.29, 1.82) is 0 Å². The van der Waals surface area contributed by atoms with Crippen LogP contribution < -0.4 is 10.3 Å². The largest absolute Gasteiger partial charge is 0.494 e. The molecule has 7 nitrogen and oxygen atoms in total. The lowest BCUT2D eigenvalue weighted by Gasteiger charge is -2.24. The van der Waals surface area contributed by atoms with Crippen LogP contribution in [-0.2, 0) is 6.54 Å². The van der Waals surface area contributed by atoms with Gasteiger partial charge in [-0.2, -0.15) is 0 Å². The average molecular weight is 479 g/mol. The second kappa shape index (κ2) is 9.56. The van der Waals surface area contributed by atoms with E-state index in [4.69, 9.17) is 4.74 Å². The highest BCUT2D eigenvalue weighted by Gasteiger charge is 2.31. The number of hydrogen-bond donors (Lipinski definition) is 0. The zero-order valence-electron chi connectivity index (χ0n) is 18.9. The van der Waals surface area contributed by atoms with Crippen molar-refractivity contribution in [2.24, 2.45) is 0 Å². The van der Waals surface area contributed by atoms with Crippen LogP contribution in [0.3, 0.4) is 0 Å². The molecule has 1 aliphatic rings. The molecule has 5 rings (SSSR count). The summed E-state index contributed by atoms with van der Waals surface area (Å²) in [6.07, 6.45) is 2.66. The van der Waals surface area contributed by atoms with Crippen LogP contribution in [0.25, 0.3) is 21.0 Å². The number of nitrogens with zero attached hydrogens (tertiary/aromatic N) is 4. The van der Waals surface area contributed by atoms with Crippen molar-refractivity contribution in [1.82, 2.24) is 19.4 Å². The van der Waals surface area contributed by atoms with Crippen molar-refractivity contribution in [2.75, 3.05) is 34.3 Å². The lowest BCUT2D eigenvalue weighted by atomic mass is 10.1. The molecule has 1 fully saturated rings. The molecule has 8 heteroatoms. The van der Waals surface area contributed by atoms with Crippen molar-refractivity contribution in [3.63, 3.8) is 0 Å². The van der Waals surface area contributed by atoms with Gasteiger partial charge in [-0.15, -0.1) is 11.3 Å². The molecule has 34 heavy (non-hydrogen) atoms. The molecule has 0 saturated carbocycles. The number of thiophene rings is 1. The van der Waals surface area contributed by atoms with Crippen molar-refractivity contribution in [3.05, 3.63) is 69.6 Å². The maximum Gasteiger partial charge on any atom is 0.267 e. The summed E-state index contributed by atoms with van der Waals surface area (Å²) in [5.74, 6) is 0.261. The van der Waals surface area contributed by atoms with Gasteiger partial charge in [-0.25, -0.2) is 0 Å². The summed E-state index contributed by atoms with van der Waals surface area (Å²) in [7, 11) is 5.43. The van der Waals surface area contributed by atoms with Crippen LogP contribution in [0, 0.1) is 0 Å². The van der Waals surface area contributed by atoms with Gasteiger partial charge in [-0.3, -0.25) is 14.6 Å². The second-order valence-electron chi connectivity index (χ2n) is 8.52. The number of carbonyl (C=O) groups excluding carboxylic acids is 1. The first kappa shape index (κ1) is 23.9. The number of ether oxygens (including phenoxy) is 1. The second-order valence-corrected chi connectivity index (χ2v) is 9.54. The predicted molar refractivity (Wildman–Crippen MR) is 138 cm³/mol. The molecule has 1 atom stereocenters. The number of hydrogen-bond acceptors (Lipinski definition) is 6. The van der Waals surface area contributed by atoms with Crippen LogP contribution >= 0.6 is 11.3 Å². The first-order chi connectivity index (χ1) is 16.0. The Morgan fingerprint density at radius 1 is 1.24 bits per heavy atom. The minimum absolute atomic E-state index is 0. The molecular formula is C26H30N4O3S. The SMILES string of the molecule is C.COc1c(C(=O)N(C)C2CCN(C)C2)sc2c1c(=O)n(Cc1ccccn1)c1ccccc21. The third-order valence-electron chi connectivity index (χ3n) is 6.44. The van der Waals surface area contributed by atoms with E-state index in [1.165, 1.54) is 18.4 Å². The monoisotopic (exact) mass is 478 g/mol. The van der Waals surface area contributed by atoms with E-state index in [0.29, 0.717) is 22.6 Å². The van der Waals surface area contributed by atoms with E-state index in [-0.39, 0.29) is 24.9 Å². The molecule has 1 unspecified atom stereocenters. The Bertz CT molecular complexity index is 1400. The van der Waals surface area contributed by atoms with Crippen LogP contribution in [0.5, 0.6) is 5.75 Å². The van der Waals surface area contributed by atoms with Crippen molar-refractivity contribution >= 4 is 38.2 Å². The molecule has 1 aliphatic heterocycles. The molecule has 1 aromatic carbocycles. The Morgan fingerprint density at radius 2 is 2.00 bits per heavy atom. The molecule has 0 bridgehead atoms. The summed E-state index contributed by atoms with van der Waals surface area (Å²) < 4.78 is 8.22. The Hall–Kier alpha value is -3.23. The van der Waals surface area contributed by atoms with Gasteiger partial charge >= 0.3 is 0 Å². The number of carbonyl (C=O) groups is 1. The quantitative estimate of drug-likeness (QED) is 0.432. The van der Waals surface area contributed by atoms with Crippen LogP contribution in [0.4, 0.5) is 0 Å². The molecule has 0 spiro atoms. The standard InChI is InChI=1S/C25H26N4O3S.CH4/c1-27-13-11-17(15-27)28(2)25(31)23-21(32-3)20-22(33-23)18-9-4-5-10-19(18)29(24(20)30)14-16-8-6-7-12-26-16;/h4-10,12,17H,11,13-15H2,1-3H3;1H4. The highest BCUT2D eigenvalue weighted by Crippen LogP contribution is 2.40. The van der Waals surface area contributed by atoms with E-state index >= 15 is 0 Å². The zero-order chi connectivity index (χ0) is 23.1. The number of methoxy groups -OCH3 is 1. The fourth-order valence-electron chi connectivity index (χ4n) is 4.65. The molecule has 1 amide bonds. The first-order valence-corrected chi connectivity index (χ1v) is 11.8. The Balaban J connectivity index is 0.00000274. The number of rotatable bonds is 5. The normalized spacial score (nSPS) is 16.0. The zero-order valence-corrected chi connectivity index (χ0v) is 19.8. The Labute approximate surface area is 203 Å². The maximum absolute atomic E-state index is 13.8. The summed E-state index contributed by atoms with van der Waals surface area (Å²) in [6, 6.07) is 13.6. The number of para-hydroxylation sites is 1. The molecule has 0 radical (unpaired) electrons. The molecule has 3 aromatic heterocycles. The van der Waals surface area contributed by atoms with Gasteiger partial charge in [-0.1, -0.05) is 31.7 Å². The van der Waals surface area contributed by atoms with Crippen molar-refractivity contribution in [3.8, 4) is 5.75 Å². The average Bonchev–Trinajstić information content (AvgIpc) is 3.45. The third-order valence-corrected chi connectivity index (χ3v) is 7.63. The van der Waals surface area contributed by atoms with Crippen LogP contribution in [-0.4, -0.2) is 65.6 Å². The minimum atomic E-state index is -0.176. The fourth-order valence-corrected chi connectivity index (χ4v) is 5.92. The summed E-state index contributed by atoms with van der Waals surface area (Å²) in [4.78, 5) is 36.2. The van der Waals surface area contributed by atoms with E-state index in [1.807, 2.05) is 49.5 Å². The number of likely N-dealkylation sites (tertiary alicyclic amines) is 1. The summed E-state index contributed by atoms with van der Waals surface area (Å²) in [5.41, 5.74) is 1.43. The maximum atomic E-state index is 13.8. The molecule has 178 valence electrons. The van der Waals surface area contributed by atoms with Gasteiger partial charge in [0.15, 0.2) is 5.75 Å². The fraction of sp³-hybridized carbons (Fsp3) is 0.346. The van der Waals surface area contributed by atoms with Crippen molar-refractivity contribution < 1.29 is 9.53 Å². The molecule has 0 N–H and O–H groups in total. The number of benzene rings is 1. The predicted octanol–water partition coefficient (Wildman–Crippen LogP) is 4.08. The van der Waals surface area contributed by atoms with E-state index in [1.54, 1.807) is 15.7 Å². The summed E-state index contributed by atoms with van der Waals surface area (Å²) >= 11 is 1.34. The van der Waals surface area contributed by atoms with Gasteiger partial charge in [0.2, 0.25) is 0 Å². The number of fused-ring (bicyclic) bond motifs is 3. The molecular weight excluding hydrogens is 448 g/mol. The van der Waals surface area contributed by atoms with Gasteiger partial charge in [0.25, 0.3) is 11.5 Å². The molecule has 4 heterocycles. The molecule has 4 aromatic rings. The van der Waals surface area contributed by atoms with Gasteiger partial charge in [-0.05, 0) is 38.2 Å². The Morgan fingerprint density at radius 3 is 2.68 bits per heavy atom. The number of pyridine rings is 2. The highest BCUT2D eigenvalue weighted by molar-refractivity contribution is 7.22. The number of likely N-dealkylation sites (N-methyl/N-ethyl adjacent to an activating group) is 2. The van der Waals surface area contributed by atoms with Gasteiger partial charge in [0.05, 0.1) is 29.6 Å². The van der Waals surface area contributed by atoms with Gasteiger partial charge < -0.3 is 19.1 Å². The summed E-state index contributed by atoms with van der Waals surface area (Å²) in [6.45, 7) is 2.15. The van der Waals surface area contributed by atoms with E-state index in [2.05, 4.69) is 16.9 Å². The van der Waals surface area contributed by atoms with E-state index in [9.17, 15) is 9.59 Å². The van der Waals surface area contributed by atoms with Crippen LogP contribution in [0.2, 0.25) is 0 Å². The molecule has 0 aliphatic carbocycles. The smallest absolute Gasteiger partial charge is 0.267 e. The highest BCUT2D eigenvalue weighted by atomic mass is 32.1.